The third-order valence-electron chi connectivity index (χ3n) is 31.4. The minimum atomic E-state index is -3.82. The number of carboxylic acid groups (broad SMARTS) is 4. The Kier molecular flexibility index (Phi) is 32.4. The number of aliphatic carboxylic acids is 4. The van der Waals surface area contributed by atoms with Crippen LogP contribution < -0.4 is 28.7 Å². The molecule has 2 saturated heterocycles. The van der Waals surface area contributed by atoms with Crippen molar-refractivity contribution in [2.75, 3.05) is 52.0 Å². The Morgan fingerprint density at radius 1 is 0.381 bits per heavy atom. The highest BCUT2D eigenvalue weighted by molar-refractivity contribution is 7.91. The molecule has 4 aliphatic carbocycles. The molecule has 2 amide bonds. The molecule has 6 atom stereocenters. The molecule has 0 bridgehead atoms. The average molecular weight is 2050 g/mol. The summed E-state index contributed by atoms with van der Waals surface area (Å²) in [6.07, 6.45) is 17.3. The monoisotopic (exact) mass is 2050 g/mol. The Labute approximate surface area is 870 Å². The molecule has 6 N–H and O–H groups in total. The minimum absolute atomic E-state index is 0.0832. The second kappa shape index (κ2) is 43.1. The van der Waals surface area contributed by atoms with Crippen molar-refractivity contribution in [1.82, 2.24) is 8.61 Å². The molecular weight excluding hydrogens is 1900 g/mol. The van der Waals surface area contributed by atoms with Crippen LogP contribution in [0.25, 0.3) is 44.5 Å². The van der Waals surface area contributed by atoms with Crippen LogP contribution in [0.3, 0.4) is 0 Å². The molecule has 26 nitrogen and oxygen atoms in total. The highest BCUT2D eigenvalue weighted by Crippen LogP contribution is 2.58. The first-order valence-electron chi connectivity index (χ1n) is 53.1. The largest absolute Gasteiger partial charge is 0.489 e. The molecule has 18 rings (SSSR count). The number of amides is 2. The number of carboxylic acids is 4. The van der Waals surface area contributed by atoms with E-state index in [0.29, 0.717) is 142 Å². The maximum Gasteiger partial charge on any atom is 0.337 e. The van der Waals surface area contributed by atoms with Gasteiger partial charge in [0.25, 0.3) is 5.91 Å². The minimum Gasteiger partial charge on any atom is -0.489 e. The molecule has 8 aromatic carbocycles. The summed E-state index contributed by atoms with van der Waals surface area (Å²) in [6, 6.07) is 31.7. The third-order valence-corrected chi connectivity index (χ3v) is 35.3. The van der Waals surface area contributed by atoms with Crippen molar-refractivity contribution in [3.8, 4) is 56.0 Å². The Hall–Kier alpha value is -10.6. The summed E-state index contributed by atoms with van der Waals surface area (Å²) in [6.45, 7) is 47.7. The van der Waals surface area contributed by atoms with Crippen LogP contribution in [0.2, 0.25) is 0 Å². The van der Waals surface area contributed by atoms with E-state index in [1.54, 1.807) is 19.8 Å². The van der Waals surface area contributed by atoms with Crippen molar-refractivity contribution in [1.29, 1.82) is 0 Å². The molecule has 147 heavy (non-hydrogen) atoms. The van der Waals surface area contributed by atoms with Gasteiger partial charge in [0.1, 0.15) is 18.1 Å². The molecule has 0 aromatic heterocycles. The summed E-state index contributed by atoms with van der Waals surface area (Å²) in [7, 11) is -7.54. The van der Waals surface area contributed by atoms with Crippen molar-refractivity contribution in [2.45, 2.75) is 372 Å². The van der Waals surface area contributed by atoms with E-state index < -0.39 is 96.7 Å². The lowest BCUT2D eigenvalue weighted by Gasteiger charge is -2.42. The molecule has 794 valence electrons. The number of ether oxygens (including phenoxy) is 6. The zero-order chi connectivity index (χ0) is 107. The topological polar surface area (TPSA) is 344 Å². The van der Waals surface area contributed by atoms with E-state index in [9.17, 15) is 66.0 Å². The van der Waals surface area contributed by atoms with Crippen LogP contribution in [0, 0.1) is 100 Å². The number of anilines is 4. The zero-order valence-electron chi connectivity index (χ0n) is 90.9. The summed E-state index contributed by atoms with van der Waals surface area (Å²) < 4.78 is 100. The Morgan fingerprint density at radius 3 is 1.07 bits per heavy atom. The van der Waals surface area contributed by atoms with Crippen molar-refractivity contribution in [3.63, 3.8) is 0 Å². The van der Waals surface area contributed by atoms with Crippen LogP contribution in [0.5, 0.6) is 11.5 Å². The van der Waals surface area contributed by atoms with E-state index in [4.69, 9.17) is 28.4 Å². The lowest BCUT2D eigenvalue weighted by Crippen LogP contribution is -2.52. The van der Waals surface area contributed by atoms with Crippen LogP contribution in [-0.2, 0) is 81.0 Å². The number of aryl methyl sites for hydroxylation is 4. The van der Waals surface area contributed by atoms with E-state index in [0.717, 1.165) is 184 Å². The van der Waals surface area contributed by atoms with Gasteiger partial charge in [0, 0.05) is 65.2 Å². The van der Waals surface area contributed by atoms with Crippen LogP contribution in [-0.4, -0.2) is 154 Å². The number of hydrogen-bond donors (Lipinski definition) is 6. The number of rotatable bonds is 20. The predicted octanol–water partition coefficient (Wildman–Crippen LogP) is 24.9. The fourth-order valence-electron chi connectivity index (χ4n) is 24.4. The number of fused-ring (bicyclic) bond motifs is 8. The fraction of sp³-hybridized carbons (Fsp3) is 0.546. The highest BCUT2D eigenvalue weighted by Gasteiger charge is 2.56. The Bertz CT molecular complexity index is 6400. The third kappa shape index (κ3) is 22.9. The van der Waals surface area contributed by atoms with Crippen molar-refractivity contribution < 1.29 is 94.5 Å². The van der Waals surface area contributed by atoms with E-state index in [1.165, 1.54) is 36.4 Å². The zero-order valence-corrected chi connectivity index (χ0v) is 92.5. The average Bonchev–Trinajstić information content (AvgIpc) is 1.52. The lowest BCUT2D eigenvalue weighted by molar-refractivity contribution is -0.161. The van der Waals surface area contributed by atoms with Gasteiger partial charge in [-0.3, -0.25) is 13.9 Å². The molecule has 10 aliphatic rings. The molecule has 6 fully saturated rings. The predicted molar refractivity (Wildman–Crippen MR) is 578 cm³/mol. The second-order valence-electron chi connectivity index (χ2n) is 47.1. The summed E-state index contributed by atoms with van der Waals surface area (Å²) in [5.41, 5.74) is 20.2. The second-order valence-corrected chi connectivity index (χ2v) is 50.7. The van der Waals surface area contributed by atoms with Gasteiger partial charge >= 0.3 is 44.3 Å². The normalized spacial score (nSPS) is 20.3. The van der Waals surface area contributed by atoms with E-state index in [-0.39, 0.29) is 35.9 Å². The quantitative estimate of drug-likeness (QED) is 0.0413. The van der Waals surface area contributed by atoms with Gasteiger partial charge < -0.3 is 59.5 Å². The van der Waals surface area contributed by atoms with Crippen LogP contribution >= 0.6 is 0 Å². The van der Waals surface area contributed by atoms with E-state index >= 15 is 0 Å². The first-order valence-corrected chi connectivity index (χ1v) is 55.9. The van der Waals surface area contributed by atoms with Gasteiger partial charge in [-0.1, -0.05) is 184 Å². The Morgan fingerprint density at radius 2 is 0.694 bits per heavy atom. The first-order chi connectivity index (χ1) is 68.9. The van der Waals surface area contributed by atoms with Crippen molar-refractivity contribution in [2.24, 2.45) is 17.3 Å². The van der Waals surface area contributed by atoms with E-state index in [2.05, 4.69) is 41.8 Å². The highest BCUT2D eigenvalue weighted by atomic mass is 32.2. The molecule has 28 heteroatoms. The van der Waals surface area contributed by atoms with Gasteiger partial charge in [-0.15, -0.1) is 0 Å². The van der Waals surface area contributed by atoms with Gasteiger partial charge in [0.05, 0.1) is 57.0 Å². The molecule has 2 unspecified atom stereocenters. The van der Waals surface area contributed by atoms with Crippen LogP contribution in [0.15, 0.2) is 97.1 Å². The summed E-state index contributed by atoms with van der Waals surface area (Å²) in [5.74, 6) is -2.46. The van der Waals surface area contributed by atoms with Crippen molar-refractivity contribution in [3.05, 3.63) is 197 Å². The molecule has 6 heterocycles. The first kappa shape index (κ1) is 111. The van der Waals surface area contributed by atoms with E-state index in [1.807, 2.05) is 225 Å². The van der Waals surface area contributed by atoms with Gasteiger partial charge in [-0.2, -0.15) is 25.4 Å². The molecule has 6 aliphatic heterocycles. The van der Waals surface area contributed by atoms with Crippen LogP contribution in [0.1, 0.15) is 336 Å². The molecule has 8 aromatic rings. The lowest BCUT2D eigenvalue weighted by atomic mass is 9.66. The number of carbonyl (C=O) groups is 6. The van der Waals surface area contributed by atoms with Gasteiger partial charge in [-0.25, -0.2) is 23.5 Å². The van der Waals surface area contributed by atoms with Crippen LogP contribution in [0.4, 0.5) is 22.7 Å². The number of hydrogen-bond acceptors (Lipinski definition) is 16. The maximum atomic E-state index is 14.1. The maximum absolute atomic E-state index is 14.1. The van der Waals surface area contributed by atoms with Crippen molar-refractivity contribution >= 4 is 78.9 Å². The number of benzene rings is 8. The molecule has 0 radical (unpaired) electrons. The summed E-state index contributed by atoms with van der Waals surface area (Å²) >= 11 is 0. The SMILES string of the molecule is Cc1ccc(-c2c(C)c3c(c(C)c2[C@H](OC(C)(C)C)C(=O)O)N2C(C3)CN(CC3CCCCC3)S2(=O)=O)cc1.Cc1ccc(-c2c(C)c3c(c(C)c2[C@H](OC(C)(C)C)C(=O)O)N2C(CO3)CN(CC3CCCCC3)S2(=O)=O)cc1.Cc1ccc(-c2c(C)c3c(c(C)c2[C@H](OC(C)(C)C)C(=O)O)NC(=O)C2(CCCCC2)C3)cc1.Cc1ccc(-c2c(C)c3c(c(C)c2[C@H](OC(C)(C)C)C(=O)O)NC(=O)C2(CCCCC2)O3)cc1. The van der Waals surface area contributed by atoms with Gasteiger partial charge in [0.2, 0.25) is 5.91 Å². The fourth-order valence-corrected chi connectivity index (χ4v) is 28.4. The summed E-state index contributed by atoms with van der Waals surface area (Å²) in [4.78, 5) is 77.2. The Balaban J connectivity index is 0.000000147. The number of nitrogens with one attached hydrogen (secondary N) is 2. The molecule has 2 spiro atoms. The smallest absolute Gasteiger partial charge is 0.337 e. The number of carbonyl (C=O) groups excluding carboxylic acids is 2. The number of nitrogens with zero attached hydrogens (tertiary/aromatic N) is 4. The summed E-state index contributed by atoms with van der Waals surface area (Å²) in [5, 5.41) is 47.7. The van der Waals surface area contributed by atoms with Gasteiger partial charge in [0.15, 0.2) is 30.0 Å². The van der Waals surface area contributed by atoms with Gasteiger partial charge in [-0.05, 0) is 344 Å². The standard InChI is InChI=1S/C31H42N2O6S.C31H42N2O5S.C29H37NO4.C28H35NO5/c1-19-12-14-23(15-13-19)25-21(3)28-27(20(2)26(25)29(30(34)35)39-31(4,5)6)33-24(18-38-28)17-32(40(33,36)37)16-22-10-8-7-9-11-22;1-19-12-14-23(15-13-19)26-20(2)25-16-24-18-32(17-22-10-8-7-9-11-22)39(36,37)33(24)28(25)21(3)27(26)29(30(34)35)38-31(4,5)6;1-17-10-12-20(13-11-17)22-18(2)21-16-29(14-8-7-9-15-29)27(33)30-24(21)19(3)23(22)25(26(31)32)34-28(4,5)6;1-16-10-12-19(13-11-16)20-18(3)23-22(29-26(32)28(34-23)14-8-7-9-15-28)17(2)21(20)24(25(30)31)33-27(4,5)6/h12-15,22,24,29H,7-11,16-18H2,1-6H3,(H,34,35);12-15,22,24,29H,7-11,16-18H2,1-6H3,(H,34,35);10-13,25H,7-9,14-16H2,1-6H3,(H,30,33)(H,31,32);10-13,24H,7-9,14-15H2,1-6H3,(H,29,32)(H,30,31)/t2*24?,29-;25-;24-/m0000/s1. The molecule has 4 saturated carbocycles. The molecular formula is C119H156N6O20S2.